The van der Waals surface area contributed by atoms with Crippen LogP contribution in [0.3, 0.4) is 0 Å². The minimum absolute atomic E-state index is 0.569. The monoisotopic (exact) mass is 319 g/mol. The smallest absolute Gasteiger partial charge is 0.131 e. The van der Waals surface area contributed by atoms with E-state index >= 15 is 0 Å². The zero-order valence-corrected chi connectivity index (χ0v) is 13.6. The Morgan fingerprint density at radius 2 is 2.19 bits per heavy atom. The van der Waals surface area contributed by atoms with Gasteiger partial charge in [0.25, 0.3) is 0 Å². The van der Waals surface area contributed by atoms with Crippen LogP contribution in [0.4, 0.5) is 10.7 Å². The number of nitriles is 1. The Labute approximate surface area is 132 Å². The fraction of sp³-hybridized carbons (Fsp3) is 0.267. The van der Waals surface area contributed by atoms with E-state index in [1.807, 2.05) is 24.5 Å². The molecule has 6 heteroatoms. The van der Waals surface area contributed by atoms with Crippen LogP contribution in [0, 0.1) is 11.3 Å². The van der Waals surface area contributed by atoms with Crippen molar-refractivity contribution in [3.63, 3.8) is 0 Å². The second kappa shape index (κ2) is 7.25. The van der Waals surface area contributed by atoms with Gasteiger partial charge in [-0.05, 0) is 24.3 Å². The Kier molecular flexibility index (Phi) is 5.37. The molecular weight excluding hydrogens is 302 g/mol. The van der Waals surface area contributed by atoms with E-state index < -0.39 is 0 Å². The van der Waals surface area contributed by atoms with Gasteiger partial charge in [-0.15, -0.1) is 23.1 Å². The fourth-order valence-electron chi connectivity index (χ4n) is 2.05. The highest BCUT2D eigenvalue weighted by Gasteiger charge is 2.14. The fourth-order valence-corrected chi connectivity index (χ4v) is 3.91. The second-order valence-electron chi connectivity index (χ2n) is 4.31. The molecule has 2 aromatic rings. The zero-order chi connectivity index (χ0) is 15.2. The van der Waals surface area contributed by atoms with Crippen molar-refractivity contribution in [1.82, 2.24) is 0 Å². The zero-order valence-electron chi connectivity index (χ0n) is 12.0. The van der Waals surface area contributed by atoms with Crippen molar-refractivity contribution < 1.29 is 4.74 Å². The first-order chi connectivity index (χ1) is 10.2. The molecule has 0 aliphatic heterocycles. The number of nitrogen functional groups attached to an aromatic ring is 1. The lowest BCUT2D eigenvalue weighted by atomic mass is 10.1. The minimum atomic E-state index is 0.569. The van der Waals surface area contributed by atoms with Crippen LogP contribution < -0.4 is 15.8 Å². The van der Waals surface area contributed by atoms with E-state index in [9.17, 15) is 0 Å². The summed E-state index contributed by atoms with van der Waals surface area (Å²) in [6.45, 7) is 0.763. The highest BCUT2D eigenvalue weighted by molar-refractivity contribution is 7.99. The van der Waals surface area contributed by atoms with Crippen LogP contribution in [0.5, 0.6) is 5.75 Å². The van der Waals surface area contributed by atoms with Gasteiger partial charge < -0.3 is 15.8 Å². The van der Waals surface area contributed by atoms with Crippen molar-refractivity contribution in [3.05, 3.63) is 34.7 Å². The third kappa shape index (κ3) is 3.43. The normalized spacial score (nSPS) is 10.1. The third-order valence-corrected chi connectivity index (χ3v) is 5.11. The Morgan fingerprint density at radius 1 is 1.43 bits per heavy atom. The van der Waals surface area contributed by atoms with Crippen molar-refractivity contribution in [2.24, 2.45) is 0 Å². The quantitative estimate of drug-likeness (QED) is 0.796. The highest BCUT2D eigenvalue weighted by atomic mass is 32.2. The number of nitrogens with one attached hydrogen (secondary N) is 1. The summed E-state index contributed by atoms with van der Waals surface area (Å²) in [5.74, 6) is 0.896. The van der Waals surface area contributed by atoms with Crippen molar-refractivity contribution >= 4 is 33.8 Å². The van der Waals surface area contributed by atoms with Crippen molar-refractivity contribution in [2.75, 3.05) is 31.0 Å². The maximum absolute atomic E-state index is 9.05. The molecule has 1 aromatic heterocycles. The first-order valence-corrected chi connectivity index (χ1v) is 8.47. The second-order valence-corrected chi connectivity index (χ2v) is 6.14. The minimum Gasteiger partial charge on any atom is -0.496 e. The van der Waals surface area contributed by atoms with Gasteiger partial charge in [-0.1, -0.05) is 18.2 Å². The van der Waals surface area contributed by atoms with Crippen LogP contribution in [-0.2, 0) is 6.42 Å². The average Bonchev–Trinajstić information content (AvgIpc) is 2.83. The summed E-state index contributed by atoms with van der Waals surface area (Å²) in [7, 11) is 1.68. The van der Waals surface area contributed by atoms with Crippen molar-refractivity contribution in [1.29, 1.82) is 5.26 Å². The molecule has 0 bridgehead atoms. The Morgan fingerprint density at radius 3 is 2.86 bits per heavy atom. The number of rotatable bonds is 6. The van der Waals surface area contributed by atoms with Crippen LogP contribution >= 0.6 is 23.1 Å². The molecule has 1 heterocycles. The number of anilines is 2. The first-order valence-electron chi connectivity index (χ1n) is 6.43. The number of thioether (sulfide) groups is 1. The summed E-state index contributed by atoms with van der Waals surface area (Å²) in [4.78, 5) is 1.52. The van der Waals surface area contributed by atoms with E-state index in [0.717, 1.165) is 34.2 Å². The Bertz CT molecular complexity index is 661. The maximum atomic E-state index is 9.05. The van der Waals surface area contributed by atoms with Gasteiger partial charge in [0.2, 0.25) is 0 Å². The lowest BCUT2D eigenvalue weighted by molar-refractivity contribution is 0.410. The van der Waals surface area contributed by atoms with Crippen LogP contribution in [-0.4, -0.2) is 19.9 Å². The number of benzene rings is 1. The molecule has 0 radical (unpaired) electrons. The Hall–Kier alpha value is -1.84. The average molecular weight is 319 g/mol. The summed E-state index contributed by atoms with van der Waals surface area (Å²) in [6, 6.07) is 10.1. The third-order valence-electron chi connectivity index (χ3n) is 3.08. The molecule has 110 valence electrons. The summed E-state index contributed by atoms with van der Waals surface area (Å²) in [5.41, 5.74) is 7.70. The number of hydrogen-bond donors (Lipinski definition) is 2. The number of para-hydroxylation sites is 1. The van der Waals surface area contributed by atoms with Crippen LogP contribution in [0.2, 0.25) is 0 Å². The summed E-state index contributed by atoms with van der Waals surface area (Å²) in [6.07, 6.45) is 2.81. The molecule has 0 fully saturated rings. The number of nitrogens with zero attached hydrogens (tertiary/aromatic N) is 1. The van der Waals surface area contributed by atoms with E-state index in [1.54, 1.807) is 18.9 Å². The number of methoxy groups -OCH3 is 1. The van der Waals surface area contributed by atoms with Crippen LogP contribution in [0.25, 0.3) is 0 Å². The van der Waals surface area contributed by atoms with Gasteiger partial charge in [-0.25, -0.2) is 0 Å². The molecule has 0 aliphatic carbocycles. The van der Waals surface area contributed by atoms with Gasteiger partial charge in [-0.3, -0.25) is 0 Å². The maximum Gasteiger partial charge on any atom is 0.131 e. The molecule has 21 heavy (non-hydrogen) atoms. The first kappa shape index (κ1) is 15.5. The van der Waals surface area contributed by atoms with Gasteiger partial charge in [-0.2, -0.15) is 5.26 Å². The van der Waals surface area contributed by atoms with Gasteiger partial charge in [0.1, 0.15) is 21.7 Å². The molecule has 2 rings (SSSR count). The van der Waals surface area contributed by atoms with Gasteiger partial charge in [0.05, 0.1) is 17.7 Å². The van der Waals surface area contributed by atoms with Crippen LogP contribution in [0.1, 0.15) is 10.4 Å². The molecule has 1 aromatic carbocycles. The number of hydrogen-bond acceptors (Lipinski definition) is 6. The molecule has 0 amide bonds. The molecule has 4 nitrogen and oxygen atoms in total. The summed E-state index contributed by atoms with van der Waals surface area (Å²) >= 11 is 2.97. The van der Waals surface area contributed by atoms with E-state index in [2.05, 4.69) is 17.5 Å². The molecule has 0 spiro atoms. The standard InChI is InChI=1S/C15H17N3OS2/c1-19-11-6-4-3-5-10(11)7-8-18-15-14(20-2)13(17)12(9-16)21-15/h3-6,18H,7-8,17H2,1-2H3. The molecule has 0 atom stereocenters. The predicted molar refractivity (Wildman–Crippen MR) is 90.4 cm³/mol. The molecule has 3 N–H and O–H groups in total. The van der Waals surface area contributed by atoms with Gasteiger partial charge in [0, 0.05) is 6.54 Å². The molecule has 0 saturated heterocycles. The molecule has 0 unspecified atom stereocenters. The van der Waals surface area contributed by atoms with Gasteiger partial charge >= 0.3 is 0 Å². The number of ether oxygens (including phenoxy) is 1. The van der Waals surface area contributed by atoms with Crippen molar-refractivity contribution in [3.8, 4) is 11.8 Å². The summed E-state index contributed by atoms with van der Waals surface area (Å²) < 4.78 is 5.34. The van der Waals surface area contributed by atoms with Crippen molar-refractivity contribution in [2.45, 2.75) is 11.3 Å². The van der Waals surface area contributed by atoms with E-state index in [4.69, 9.17) is 15.7 Å². The van der Waals surface area contributed by atoms with E-state index in [-0.39, 0.29) is 0 Å². The molecule has 0 saturated carbocycles. The number of nitrogens with two attached hydrogens (primary N) is 1. The SMILES string of the molecule is COc1ccccc1CCNc1sc(C#N)c(N)c1SC. The number of thiophene rings is 1. The van der Waals surface area contributed by atoms with Gasteiger partial charge in [0.15, 0.2) is 0 Å². The van der Waals surface area contributed by atoms with E-state index in [1.165, 1.54) is 11.3 Å². The van der Waals surface area contributed by atoms with E-state index in [0.29, 0.717) is 10.6 Å². The predicted octanol–water partition coefficient (Wildman–Crippen LogP) is 3.59. The molecule has 0 aliphatic rings. The lowest BCUT2D eigenvalue weighted by Crippen LogP contribution is -2.05. The lowest BCUT2D eigenvalue weighted by Gasteiger charge is -2.09. The highest BCUT2D eigenvalue weighted by Crippen LogP contribution is 2.41. The van der Waals surface area contributed by atoms with Crippen LogP contribution in [0.15, 0.2) is 29.2 Å². The summed E-state index contributed by atoms with van der Waals surface area (Å²) in [5, 5.41) is 13.4. The largest absolute Gasteiger partial charge is 0.496 e. The topological polar surface area (TPSA) is 71.1 Å². The Balaban J connectivity index is 2.06. The molecular formula is C15H17N3OS2.